The van der Waals surface area contributed by atoms with Crippen LogP contribution >= 0.6 is 33.2 Å². The summed E-state index contributed by atoms with van der Waals surface area (Å²) in [5.41, 5.74) is 1.84. The van der Waals surface area contributed by atoms with Crippen LogP contribution in [-0.4, -0.2) is 37.3 Å². The second-order valence-corrected chi connectivity index (χ2v) is 13.0. The Bertz CT molecular complexity index is 1410. The van der Waals surface area contributed by atoms with E-state index in [1.807, 2.05) is 21.6 Å². The fourth-order valence-electron chi connectivity index (χ4n) is 3.80. The molecule has 1 saturated heterocycles. The number of hydrogen-bond acceptors (Lipinski definition) is 8. The van der Waals surface area contributed by atoms with Crippen LogP contribution in [0.4, 0.5) is 21.5 Å². The van der Waals surface area contributed by atoms with Gasteiger partial charge < -0.3 is 10.1 Å². The number of ether oxygens (including phenoxy) is 1. The molecule has 1 aromatic heterocycles. The molecule has 1 aliphatic heterocycles. The summed E-state index contributed by atoms with van der Waals surface area (Å²) < 4.78 is 47.8. The fraction of sp³-hybridized carbons (Fsp3) is 0.333. The van der Waals surface area contributed by atoms with Gasteiger partial charge in [-0.2, -0.15) is 5.26 Å². The minimum absolute atomic E-state index is 0.00188. The van der Waals surface area contributed by atoms with Gasteiger partial charge >= 0.3 is 0 Å². The summed E-state index contributed by atoms with van der Waals surface area (Å²) in [6, 6.07) is 9.44. The molecule has 12 heteroatoms. The summed E-state index contributed by atoms with van der Waals surface area (Å²) in [5.74, 6) is 2.43. The van der Waals surface area contributed by atoms with Crippen LogP contribution in [0.15, 0.2) is 36.5 Å². The average molecular weight is 567 g/mol. The Hall–Kier alpha value is -2.39. The van der Waals surface area contributed by atoms with Crippen LogP contribution in [0, 0.1) is 23.1 Å². The van der Waals surface area contributed by atoms with Gasteiger partial charge in [0.2, 0.25) is 10.0 Å². The number of sulfonamides is 1. The van der Waals surface area contributed by atoms with Gasteiger partial charge in [0.1, 0.15) is 17.6 Å². The molecule has 0 spiro atoms. The van der Waals surface area contributed by atoms with Crippen molar-refractivity contribution in [3.8, 4) is 11.8 Å². The first-order valence-electron chi connectivity index (χ1n) is 11.3. The van der Waals surface area contributed by atoms with E-state index in [1.54, 1.807) is 19.1 Å². The molecule has 36 heavy (non-hydrogen) atoms. The summed E-state index contributed by atoms with van der Waals surface area (Å²) in [7, 11) is 0.0215. The fourth-order valence-corrected chi connectivity index (χ4v) is 8.15. The molecule has 1 aliphatic rings. The number of rotatable bonds is 10. The summed E-state index contributed by atoms with van der Waals surface area (Å²) >= 11 is 5.92. The Morgan fingerprint density at radius 1 is 1.28 bits per heavy atom. The maximum atomic E-state index is 13.6. The Labute approximate surface area is 222 Å². The van der Waals surface area contributed by atoms with Crippen molar-refractivity contribution in [1.82, 2.24) is 4.98 Å². The number of nitrogens with zero attached hydrogens (tertiary/aromatic N) is 2. The van der Waals surface area contributed by atoms with E-state index in [0.29, 0.717) is 47.0 Å². The van der Waals surface area contributed by atoms with E-state index < -0.39 is 15.8 Å². The Morgan fingerprint density at radius 3 is 2.75 bits per heavy atom. The highest BCUT2D eigenvalue weighted by molar-refractivity contribution is 8.77. The number of benzene rings is 2. The van der Waals surface area contributed by atoms with Crippen molar-refractivity contribution in [2.75, 3.05) is 33.9 Å². The Balaban J connectivity index is 1.68. The van der Waals surface area contributed by atoms with Crippen LogP contribution in [-0.2, 0) is 10.0 Å². The van der Waals surface area contributed by atoms with Crippen LogP contribution in [0.1, 0.15) is 25.3 Å². The first-order valence-corrected chi connectivity index (χ1v) is 15.8. The van der Waals surface area contributed by atoms with Crippen molar-refractivity contribution in [1.29, 1.82) is 5.26 Å². The highest BCUT2D eigenvalue weighted by Gasteiger charge is 2.20. The minimum Gasteiger partial charge on any atom is -0.492 e. The number of halogens is 2. The maximum Gasteiger partial charge on any atom is 0.232 e. The molecule has 1 fully saturated rings. The van der Waals surface area contributed by atoms with Gasteiger partial charge in [0.15, 0.2) is 0 Å². The molecule has 0 aliphatic carbocycles. The Morgan fingerprint density at radius 2 is 2.06 bits per heavy atom. The second-order valence-electron chi connectivity index (χ2n) is 8.21. The van der Waals surface area contributed by atoms with E-state index in [9.17, 15) is 18.1 Å². The van der Waals surface area contributed by atoms with Crippen molar-refractivity contribution in [3.05, 3.63) is 52.9 Å². The highest BCUT2D eigenvalue weighted by Crippen LogP contribution is 2.38. The Kier molecular flexibility index (Phi) is 8.72. The topological polar surface area (TPSA) is 104 Å². The van der Waals surface area contributed by atoms with Crippen molar-refractivity contribution in [2.24, 2.45) is 5.92 Å². The van der Waals surface area contributed by atoms with Gasteiger partial charge in [0.25, 0.3) is 0 Å². The van der Waals surface area contributed by atoms with Gasteiger partial charge in [-0.25, -0.2) is 12.8 Å². The highest BCUT2D eigenvalue weighted by atomic mass is 35.5. The van der Waals surface area contributed by atoms with Crippen molar-refractivity contribution < 1.29 is 17.5 Å². The molecule has 2 aromatic carbocycles. The molecule has 7 nitrogen and oxygen atoms in total. The van der Waals surface area contributed by atoms with Crippen LogP contribution in [0.3, 0.4) is 0 Å². The average Bonchev–Trinajstić information content (AvgIpc) is 3.35. The minimum atomic E-state index is -3.64. The monoisotopic (exact) mass is 566 g/mol. The molecule has 0 radical (unpaired) electrons. The van der Waals surface area contributed by atoms with Gasteiger partial charge in [-0.05, 0) is 49.9 Å². The molecular weight excluding hydrogens is 543 g/mol. The third-order valence-corrected chi connectivity index (χ3v) is 9.91. The molecule has 4 rings (SSSR count). The number of nitriles is 1. The number of anilines is 3. The first kappa shape index (κ1) is 26.7. The van der Waals surface area contributed by atoms with Gasteiger partial charge in [-0.15, -0.1) is 0 Å². The van der Waals surface area contributed by atoms with E-state index >= 15 is 0 Å². The van der Waals surface area contributed by atoms with E-state index in [0.717, 1.165) is 17.9 Å². The summed E-state index contributed by atoms with van der Waals surface area (Å²) in [5, 5.41) is 13.2. The zero-order valence-corrected chi connectivity index (χ0v) is 22.6. The quantitative estimate of drug-likeness (QED) is 0.265. The number of nitrogens with one attached hydrogen (secondary N) is 2. The number of fused-ring (bicyclic) bond motifs is 1. The van der Waals surface area contributed by atoms with E-state index in [-0.39, 0.29) is 22.0 Å². The van der Waals surface area contributed by atoms with Gasteiger partial charge in [0, 0.05) is 34.8 Å². The van der Waals surface area contributed by atoms with Crippen LogP contribution in [0.5, 0.6) is 5.75 Å². The zero-order valence-electron chi connectivity index (χ0n) is 19.4. The van der Waals surface area contributed by atoms with Crippen LogP contribution in [0.25, 0.3) is 10.9 Å². The molecule has 3 aromatic rings. The predicted molar refractivity (Wildman–Crippen MR) is 147 cm³/mol. The predicted octanol–water partition coefficient (Wildman–Crippen LogP) is 6.57. The molecule has 0 unspecified atom stereocenters. The summed E-state index contributed by atoms with van der Waals surface area (Å²) in [6.07, 6.45) is 2.84. The lowest BCUT2D eigenvalue weighted by Crippen LogP contribution is -2.18. The largest absolute Gasteiger partial charge is 0.492 e. The maximum absolute atomic E-state index is 13.6. The molecular formula is C24H24ClFN4O3S3. The third kappa shape index (κ3) is 6.48. The lowest BCUT2D eigenvalue weighted by Gasteiger charge is -2.17. The van der Waals surface area contributed by atoms with Gasteiger partial charge in [0.05, 0.1) is 39.8 Å². The first-order chi connectivity index (χ1) is 17.3. The van der Waals surface area contributed by atoms with Gasteiger partial charge in [-0.1, -0.05) is 33.2 Å². The molecule has 2 N–H and O–H groups in total. The van der Waals surface area contributed by atoms with Gasteiger partial charge in [-0.3, -0.25) is 9.71 Å². The number of pyridine rings is 1. The second kappa shape index (κ2) is 11.8. The molecule has 0 amide bonds. The molecule has 0 bridgehead atoms. The molecule has 190 valence electrons. The lowest BCUT2D eigenvalue weighted by atomic mass is 10.1. The number of hydrogen-bond donors (Lipinski definition) is 2. The smallest absolute Gasteiger partial charge is 0.232 e. The van der Waals surface area contributed by atoms with E-state index in [4.69, 9.17) is 16.3 Å². The van der Waals surface area contributed by atoms with Crippen molar-refractivity contribution in [3.63, 3.8) is 0 Å². The molecule has 0 saturated carbocycles. The normalized spacial score (nSPS) is 14.1. The summed E-state index contributed by atoms with van der Waals surface area (Å²) in [6.45, 7) is 2.13. The number of aromatic nitrogens is 1. The zero-order chi connectivity index (χ0) is 25.7. The molecule has 2 heterocycles. The standard InChI is InChI=1S/C24H24ClFN4O3S3/c1-2-33-23-10-21-18(9-22(23)30-36(31,32)7-3-4-15-13-34-35-14-15)24(16(11-27)12-28-21)29-17-5-6-20(26)19(25)8-17/h5-6,8-10,12,15,30H,2-4,7,13-14H2,1H3,(H,28,29). The van der Waals surface area contributed by atoms with Crippen LogP contribution in [0.2, 0.25) is 5.02 Å². The lowest BCUT2D eigenvalue weighted by molar-refractivity contribution is 0.342. The third-order valence-electron chi connectivity index (χ3n) is 5.56. The van der Waals surface area contributed by atoms with E-state index in [2.05, 4.69) is 21.1 Å². The van der Waals surface area contributed by atoms with Crippen LogP contribution < -0.4 is 14.8 Å². The van der Waals surface area contributed by atoms with Crippen molar-refractivity contribution in [2.45, 2.75) is 19.8 Å². The summed E-state index contributed by atoms with van der Waals surface area (Å²) in [4.78, 5) is 4.35. The molecule has 0 atom stereocenters. The van der Waals surface area contributed by atoms with E-state index in [1.165, 1.54) is 24.4 Å². The SMILES string of the molecule is CCOc1cc2ncc(C#N)c(Nc3ccc(F)c(Cl)c3)c2cc1NS(=O)(=O)CCCC1CSSC1. The van der Waals surface area contributed by atoms with Crippen molar-refractivity contribution >= 4 is 71.2 Å².